The maximum Gasteiger partial charge on any atom is 0.309 e. The van der Waals surface area contributed by atoms with Gasteiger partial charge in [0.25, 0.3) is 0 Å². The van der Waals surface area contributed by atoms with Crippen molar-refractivity contribution >= 4 is 17.9 Å². The Morgan fingerprint density at radius 2 is 1.19 bits per heavy atom. The van der Waals surface area contributed by atoms with Crippen molar-refractivity contribution in [2.45, 2.75) is 43.9 Å². The van der Waals surface area contributed by atoms with Crippen LogP contribution in [0, 0.1) is 41.4 Å². The predicted octanol–water partition coefficient (Wildman–Crippen LogP) is 3.69. The fraction of sp³-hybridized carbons (Fsp3) is 0.654. The molecule has 6 nitrogen and oxygen atoms in total. The van der Waals surface area contributed by atoms with Crippen LogP contribution in [0.4, 0.5) is 0 Å². The van der Waals surface area contributed by atoms with Gasteiger partial charge < -0.3 is 14.2 Å². The van der Waals surface area contributed by atoms with Gasteiger partial charge in [0, 0.05) is 0 Å². The van der Waals surface area contributed by atoms with E-state index < -0.39 is 5.92 Å². The first kappa shape index (κ1) is 21.5. The van der Waals surface area contributed by atoms with E-state index >= 15 is 0 Å². The van der Waals surface area contributed by atoms with Gasteiger partial charge in [0.1, 0.15) is 0 Å². The lowest BCUT2D eigenvalue weighted by Crippen LogP contribution is -2.38. The maximum absolute atomic E-state index is 12.5. The van der Waals surface area contributed by atoms with Crippen molar-refractivity contribution in [1.29, 1.82) is 0 Å². The summed E-state index contributed by atoms with van der Waals surface area (Å²) < 4.78 is 15.1. The first-order chi connectivity index (χ1) is 15.5. The van der Waals surface area contributed by atoms with E-state index in [0.717, 1.165) is 32.1 Å². The van der Waals surface area contributed by atoms with Gasteiger partial charge >= 0.3 is 17.9 Å². The third-order valence-electron chi connectivity index (χ3n) is 9.10. The van der Waals surface area contributed by atoms with E-state index in [1.54, 1.807) is 0 Å². The predicted molar refractivity (Wildman–Crippen MR) is 115 cm³/mol. The number of benzene rings is 1. The van der Waals surface area contributed by atoms with Gasteiger partial charge in [-0.3, -0.25) is 14.4 Å². The second-order valence-electron chi connectivity index (χ2n) is 10.2. The van der Waals surface area contributed by atoms with Gasteiger partial charge in [-0.1, -0.05) is 24.3 Å². The zero-order valence-corrected chi connectivity index (χ0v) is 19.0. The zero-order chi connectivity index (χ0) is 22.6. The highest BCUT2D eigenvalue weighted by Crippen LogP contribution is 2.60. The molecule has 0 saturated heterocycles. The molecule has 0 amide bonds. The van der Waals surface area contributed by atoms with Gasteiger partial charge in [-0.15, -0.1) is 0 Å². The van der Waals surface area contributed by atoms with E-state index in [4.69, 9.17) is 14.2 Å². The molecule has 0 aromatic heterocycles. The van der Waals surface area contributed by atoms with Crippen LogP contribution in [-0.4, -0.2) is 39.2 Å². The van der Waals surface area contributed by atoms with E-state index in [2.05, 4.69) is 24.3 Å². The summed E-state index contributed by atoms with van der Waals surface area (Å²) in [6.07, 6.45) is 4.89. The monoisotopic (exact) mass is 440 g/mol. The Morgan fingerprint density at radius 3 is 1.75 bits per heavy atom. The van der Waals surface area contributed by atoms with Crippen LogP contribution in [-0.2, 0) is 28.6 Å². The fourth-order valence-corrected chi connectivity index (χ4v) is 7.79. The third kappa shape index (κ3) is 3.25. The molecule has 4 fully saturated rings. The summed E-state index contributed by atoms with van der Waals surface area (Å²) in [6.45, 7) is 0. The SMILES string of the molecule is COC(=O)C1CC2CC1CC2c1ccc(C2CC3CC2C(C(=O)OC)C3C(=O)OC)cc1. The van der Waals surface area contributed by atoms with E-state index in [0.29, 0.717) is 17.8 Å². The molecule has 9 unspecified atom stereocenters. The Hall–Kier alpha value is -2.37. The third-order valence-corrected chi connectivity index (χ3v) is 9.10. The van der Waals surface area contributed by atoms with Crippen LogP contribution >= 0.6 is 0 Å². The average molecular weight is 441 g/mol. The Kier molecular flexibility index (Phi) is 5.50. The lowest BCUT2D eigenvalue weighted by atomic mass is 9.71. The van der Waals surface area contributed by atoms with Crippen molar-refractivity contribution < 1.29 is 28.6 Å². The highest BCUT2D eigenvalue weighted by Gasteiger charge is 2.59. The molecule has 4 bridgehead atoms. The molecule has 5 rings (SSSR count). The van der Waals surface area contributed by atoms with Crippen molar-refractivity contribution in [2.24, 2.45) is 41.4 Å². The summed E-state index contributed by atoms with van der Waals surface area (Å²) in [5.41, 5.74) is 2.60. The molecule has 4 aliphatic carbocycles. The highest BCUT2D eigenvalue weighted by molar-refractivity contribution is 5.84. The number of rotatable bonds is 5. The maximum atomic E-state index is 12.5. The Balaban J connectivity index is 1.30. The molecule has 1 aromatic rings. The minimum Gasteiger partial charge on any atom is -0.469 e. The van der Waals surface area contributed by atoms with Crippen LogP contribution in [0.1, 0.15) is 55.1 Å². The molecule has 9 atom stereocenters. The average Bonchev–Trinajstić information content (AvgIpc) is 3.61. The van der Waals surface area contributed by atoms with Crippen LogP contribution < -0.4 is 0 Å². The zero-order valence-electron chi connectivity index (χ0n) is 19.0. The number of carbonyl (C=O) groups excluding carboxylic acids is 3. The molecular formula is C26H32O6. The molecule has 4 aliphatic rings. The molecule has 0 heterocycles. The van der Waals surface area contributed by atoms with Gasteiger partial charge in [0.05, 0.1) is 39.1 Å². The first-order valence-corrected chi connectivity index (χ1v) is 11.8. The normalized spacial score (nSPS) is 39.2. The van der Waals surface area contributed by atoms with Gasteiger partial charge in [-0.2, -0.15) is 0 Å². The van der Waals surface area contributed by atoms with Gasteiger partial charge in [0.15, 0.2) is 0 Å². The van der Waals surface area contributed by atoms with E-state index in [1.165, 1.54) is 32.5 Å². The number of ether oxygens (including phenoxy) is 3. The summed E-state index contributed by atoms with van der Waals surface area (Å²) >= 11 is 0. The smallest absolute Gasteiger partial charge is 0.309 e. The topological polar surface area (TPSA) is 78.9 Å². The number of fused-ring (bicyclic) bond motifs is 4. The van der Waals surface area contributed by atoms with E-state index in [9.17, 15) is 14.4 Å². The van der Waals surface area contributed by atoms with Crippen LogP contribution in [0.5, 0.6) is 0 Å². The molecule has 0 radical (unpaired) electrons. The molecule has 32 heavy (non-hydrogen) atoms. The number of hydrogen-bond donors (Lipinski definition) is 0. The van der Waals surface area contributed by atoms with Gasteiger partial charge in [-0.25, -0.2) is 0 Å². The molecule has 1 aromatic carbocycles. The van der Waals surface area contributed by atoms with Gasteiger partial charge in [0.2, 0.25) is 0 Å². The first-order valence-electron chi connectivity index (χ1n) is 11.8. The minimum absolute atomic E-state index is 0.0481. The van der Waals surface area contributed by atoms with E-state index in [-0.39, 0.29) is 47.5 Å². The second kappa shape index (κ2) is 8.20. The highest BCUT2D eigenvalue weighted by atomic mass is 16.5. The van der Waals surface area contributed by atoms with Crippen molar-refractivity contribution in [3.05, 3.63) is 35.4 Å². The summed E-state index contributed by atoms with van der Waals surface area (Å²) in [5, 5.41) is 0. The van der Waals surface area contributed by atoms with Crippen LogP contribution in [0.3, 0.4) is 0 Å². The Morgan fingerprint density at radius 1 is 0.625 bits per heavy atom. The summed E-state index contributed by atoms with van der Waals surface area (Å²) in [4.78, 5) is 36.9. The number of methoxy groups -OCH3 is 3. The number of esters is 3. The molecule has 4 saturated carbocycles. The molecule has 172 valence electrons. The standard InChI is InChI=1S/C26H32O6/c1-30-24(27)20-10-15-8-16(20)9-18(15)13-4-6-14(7-5-13)19-11-17-12-21(19)23(26(29)32-3)22(17)25(28)31-2/h4-7,15-23H,8-12H2,1-3H3. The van der Waals surface area contributed by atoms with E-state index in [1.807, 2.05) is 0 Å². The van der Waals surface area contributed by atoms with Crippen molar-refractivity contribution in [3.63, 3.8) is 0 Å². The quantitative estimate of drug-likeness (QED) is 0.513. The molecule has 6 heteroatoms. The fourth-order valence-electron chi connectivity index (χ4n) is 7.79. The lowest BCUT2D eigenvalue weighted by Gasteiger charge is -2.33. The molecular weight excluding hydrogens is 408 g/mol. The summed E-state index contributed by atoms with van der Waals surface area (Å²) in [6, 6.07) is 8.91. The minimum atomic E-state index is -0.420. The molecule has 0 N–H and O–H groups in total. The number of carbonyl (C=O) groups is 3. The summed E-state index contributed by atoms with van der Waals surface area (Å²) in [7, 11) is 4.27. The van der Waals surface area contributed by atoms with Crippen molar-refractivity contribution in [1.82, 2.24) is 0 Å². The van der Waals surface area contributed by atoms with Crippen molar-refractivity contribution in [2.75, 3.05) is 21.3 Å². The Labute approximate surface area is 189 Å². The van der Waals surface area contributed by atoms with Crippen LogP contribution in [0.2, 0.25) is 0 Å². The van der Waals surface area contributed by atoms with Gasteiger partial charge in [-0.05, 0) is 78.7 Å². The Bertz CT molecular complexity index is 907. The van der Waals surface area contributed by atoms with Crippen LogP contribution in [0.15, 0.2) is 24.3 Å². The number of hydrogen-bond acceptors (Lipinski definition) is 6. The molecule has 0 aliphatic heterocycles. The lowest BCUT2D eigenvalue weighted by molar-refractivity contribution is -0.160. The molecule has 0 spiro atoms. The van der Waals surface area contributed by atoms with Crippen molar-refractivity contribution in [3.8, 4) is 0 Å². The summed E-state index contributed by atoms with van der Waals surface area (Å²) in [5.74, 6) is 0.708. The second-order valence-corrected chi connectivity index (χ2v) is 10.2. The van der Waals surface area contributed by atoms with Crippen LogP contribution in [0.25, 0.3) is 0 Å². The largest absolute Gasteiger partial charge is 0.469 e.